The van der Waals surface area contributed by atoms with Gasteiger partial charge in [0.15, 0.2) is 0 Å². The SMILES string of the molecule is COc1ccccc1CCNC(=O)C1CC1C(=O)N(C)c1ccccc1. The first-order chi connectivity index (χ1) is 12.6. The number of para-hydroxylation sites is 2. The van der Waals surface area contributed by atoms with Gasteiger partial charge in [0.1, 0.15) is 5.75 Å². The monoisotopic (exact) mass is 352 g/mol. The average molecular weight is 352 g/mol. The van der Waals surface area contributed by atoms with E-state index >= 15 is 0 Å². The molecule has 0 radical (unpaired) electrons. The van der Waals surface area contributed by atoms with E-state index in [2.05, 4.69) is 5.32 Å². The number of nitrogens with one attached hydrogen (secondary N) is 1. The number of hydrogen-bond donors (Lipinski definition) is 1. The third-order valence-corrected chi connectivity index (χ3v) is 4.80. The van der Waals surface area contributed by atoms with E-state index in [9.17, 15) is 9.59 Å². The molecule has 26 heavy (non-hydrogen) atoms. The van der Waals surface area contributed by atoms with Crippen molar-refractivity contribution in [2.24, 2.45) is 11.8 Å². The summed E-state index contributed by atoms with van der Waals surface area (Å²) in [6.45, 7) is 0.533. The van der Waals surface area contributed by atoms with Crippen molar-refractivity contribution in [3.05, 3.63) is 60.2 Å². The molecular formula is C21H24N2O3. The molecule has 5 nitrogen and oxygen atoms in total. The molecule has 1 N–H and O–H groups in total. The van der Waals surface area contributed by atoms with Gasteiger partial charge >= 0.3 is 0 Å². The summed E-state index contributed by atoms with van der Waals surface area (Å²) in [6.07, 6.45) is 1.32. The standard InChI is InChI=1S/C21H24N2O3/c1-23(16-9-4-3-5-10-16)21(25)18-14-17(18)20(24)22-13-12-15-8-6-7-11-19(15)26-2/h3-11,17-18H,12-14H2,1-2H3,(H,22,24). The number of methoxy groups -OCH3 is 1. The smallest absolute Gasteiger partial charge is 0.230 e. The van der Waals surface area contributed by atoms with E-state index in [4.69, 9.17) is 4.74 Å². The summed E-state index contributed by atoms with van der Waals surface area (Å²) < 4.78 is 5.32. The van der Waals surface area contributed by atoms with E-state index in [0.717, 1.165) is 17.0 Å². The van der Waals surface area contributed by atoms with Crippen molar-refractivity contribution in [1.82, 2.24) is 5.32 Å². The molecule has 0 bridgehead atoms. The van der Waals surface area contributed by atoms with E-state index < -0.39 is 0 Å². The lowest BCUT2D eigenvalue weighted by atomic mass is 10.1. The van der Waals surface area contributed by atoms with Crippen LogP contribution < -0.4 is 15.0 Å². The molecular weight excluding hydrogens is 328 g/mol. The fourth-order valence-corrected chi connectivity index (χ4v) is 3.15. The van der Waals surface area contributed by atoms with Gasteiger partial charge in [-0.25, -0.2) is 0 Å². The molecule has 3 rings (SSSR count). The van der Waals surface area contributed by atoms with Crippen LogP contribution in [0.1, 0.15) is 12.0 Å². The maximum Gasteiger partial charge on any atom is 0.230 e. The van der Waals surface area contributed by atoms with Crippen molar-refractivity contribution in [3.63, 3.8) is 0 Å². The maximum absolute atomic E-state index is 12.5. The van der Waals surface area contributed by atoms with Crippen molar-refractivity contribution in [3.8, 4) is 5.75 Å². The van der Waals surface area contributed by atoms with E-state index in [1.807, 2.05) is 54.6 Å². The largest absolute Gasteiger partial charge is 0.496 e. The minimum absolute atomic E-state index is 0.000999. The number of carbonyl (C=O) groups excluding carboxylic acids is 2. The molecule has 2 amide bonds. The molecule has 1 aliphatic rings. The minimum Gasteiger partial charge on any atom is -0.496 e. The molecule has 136 valence electrons. The van der Waals surface area contributed by atoms with Crippen LogP contribution in [0, 0.1) is 11.8 Å². The summed E-state index contributed by atoms with van der Waals surface area (Å²) in [7, 11) is 3.40. The van der Waals surface area contributed by atoms with Gasteiger partial charge in [0.05, 0.1) is 18.9 Å². The van der Waals surface area contributed by atoms with Crippen molar-refractivity contribution >= 4 is 17.5 Å². The molecule has 5 heteroatoms. The zero-order valence-corrected chi connectivity index (χ0v) is 15.1. The van der Waals surface area contributed by atoms with Crippen molar-refractivity contribution in [1.29, 1.82) is 0 Å². The molecule has 1 saturated carbocycles. The van der Waals surface area contributed by atoms with E-state index in [-0.39, 0.29) is 23.7 Å². The Kier molecular flexibility index (Phi) is 5.56. The number of rotatable bonds is 7. The first kappa shape index (κ1) is 18.0. The van der Waals surface area contributed by atoms with Gasteiger partial charge in [0.25, 0.3) is 0 Å². The lowest BCUT2D eigenvalue weighted by Gasteiger charge is -2.17. The number of nitrogens with zero attached hydrogens (tertiary/aromatic N) is 1. The van der Waals surface area contributed by atoms with Crippen LogP contribution in [0.3, 0.4) is 0 Å². The molecule has 1 fully saturated rings. The van der Waals surface area contributed by atoms with Gasteiger partial charge in [0, 0.05) is 19.3 Å². The van der Waals surface area contributed by atoms with Crippen LogP contribution >= 0.6 is 0 Å². The van der Waals surface area contributed by atoms with Crippen LogP contribution in [0.2, 0.25) is 0 Å². The second kappa shape index (κ2) is 8.04. The van der Waals surface area contributed by atoms with Crippen LogP contribution in [-0.4, -0.2) is 32.5 Å². The van der Waals surface area contributed by atoms with Gasteiger partial charge < -0.3 is 15.0 Å². The van der Waals surface area contributed by atoms with Crippen LogP contribution in [0.15, 0.2) is 54.6 Å². The van der Waals surface area contributed by atoms with Crippen LogP contribution in [0.4, 0.5) is 5.69 Å². The van der Waals surface area contributed by atoms with Gasteiger partial charge in [-0.1, -0.05) is 36.4 Å². The van der Waals surface area contributed by atoms with Crippen LogP contribution in [0.25, 0.3) is 0 Å². The molecule has 0 heterocycles. The second-order valence-electron chi connectivity index (χ2n) is 6.53. The highest BCUT2D eigenvalue weighted by molar-refractivity contribution is 6.00. The molecule has 2 unspecified atom stereocenters. The van der Waals surface area contributed by atoms with Crippen molar-refractivity contribution in [2.75, 3.05) is 25.6 Å². The molecule has 2 aromatic carbocycles. The van der Waals surface area contributed by atoms with Gasteiger partial charge in [0.2, 0.25) is 11.8 Å². The number of ether oxygens (including phenoxy) is 1. The maximum atomic E-state index is 12.5. The highest BCUT2D eigenvalue weighted by Crippen LogP contribution is 2.40. The molecule has 2 atom stereocenters. The third kappa shape index (κ3) is 4.04. The molecule has 0 aromatic heterocycles. The Morgan fingerprint density at radius 1 is 1.08 bits per heavy atom. The Morgan fingerprint density at radius 2 is 1.77 bits per heavy atom. The van der Waals surface area contributed by atoms with Crippen LogP contribution in [-0.2, 0) is 16.0 Å². The number of carbonyl (C=O) groups is 2. The fourth-order valence-electron chi connectivity index (χ4n) is 3.15. The number of hydrogen-bond acceptors (Lipinski definition) is 3. The first-order valence-electron chi connectivity index (χ1n) is 8.84. The Morgan fingerprint density at radius 3 is 2.50 bits per heavy atom. The van der Waals surface area contributed by atoms with E-state index in [0.29, 0.717) is 19.4 Å². The van der Waals surface area contributed by atoms with Gasteiger partial charge in [-0.3, -0.25) is 9.59 Å². The highest BCUT2D eigenvalue weighted by Gasteiger charge is 2.49. The Bertz CT molecular complexity index is 776. The highest BCUT2D eigenvalue weighted by atomic mass is 16.5. The molecule has 0 spiro atoms. The van der Waals surface area contributed by atoms with Gasteiger partial charge in [-0.2, -0.15) is 0 Å². The third-order valence-electron chi connectivity index (χ3n) is 4.80. The summed E-state index contributed by atoms with van der Waals surface area (Å²) in [6, 6.07) is 17.3. The molecule has 0 aliphatic heterocycles. The second-order valence-corrected chi connectivity index (χ2v) is 6.53. The molecule has 2 aromatic rings. The summed E-state index contributed by atoms with van der Waals surface area (Å²) >= 11 is 0. The zero-order chi connectivity index (χ0) is 18.5. The van der Waals surface area contributed by atoms with Crippen LogP contribution in [0.5, 0.6) is 5.75 Å². The fraction of sp³-hybridized carbons (Fsp3) is 0.333. The van der Waals surface area contributed by atoms with E-state index in [1.54, 1.807) is 19.1 Å². The van der Waals surface area contributed by atoms with E-state index in [1.165, 1.54) is 0 Å². The molecule has 0 saturated heterocycles. The summed E-state index contributed by atoms with van der Waals surface area (Å²) in [5, 5.41) is 2.94. The topological polar surface area (TPSA) is 58.6 Å². The Hall–Kier alpha value is -2.82. The predicted molar refractivity (Wildman–Crippen MR) is 101 cm³/mol. The number of benzene rings is 2. The Labute approximate surface area is 154 Å². The predicted octanol–water partition coefficient (Wildman–Crippen LogP) is 2.65. The quantitative estimate of drug-likeness (QED) is 0.833. The summed E-state index contributed by atoms with van der Waals surface area (Å²) in [4.78, 5) is 26.5. The molecule has 1 aliphatic carbocycles. The lowest BCUT2D eigenvalue weighted by Crippen LogP contribution is -2.32. The number of anilines is 1. The van der Waals surface area contributed by atoms with Crippen molar-refractivity contribution < 1.29 is 14.3 Å². The number of amides is 2. The normalized spacial score (nSPS) is 18.1. The average Bonchev–Trinajstić information content (AvgIpc) is 3.49. The minimum atomic E-state index is -0.216. The lowest BCUT2D eigenvalue weighted by molar-refractivity contribution is -0.125. The summed E-state index contributed by atoms with van der Waals surface area (Å²) in [5.74, 6) is 0.351. The summed E-state index contributed by atoms with van der Waals surface area (Å²) in [5.41, 5.74) is 1.90. The van der Waals surface area contributed by atoms with Gasteiger partial charge in [-0.05, 0) is 36.6 Å². The van der Waals surface area contributed by atoms with Crippen molar-refractivity contribution in [2.45, 2.75) is 12.8 Å². The Balaban J connectivity index is 1.47. The first-order valence-corrected chi connectivity index (χ1v) is 8.84. The zero-order valence-electron chi connectivity index (χ0n) is 15.1. The van der Waals surface area contributed by atoms with Gasteiger partial charge in [-0.15, -0.1) is 0 Å².